The number of carbonyl (C=O) groups excluding carboxylic acids is 1. The van der Waals surface area contributed by atoms with Gasteiger partial charge in [-0.1, -0.05) is 12.2 Å². The molecule has 5 aliphatic rings. The number of carbonyl (C=O) groups is 1. The normalized spacial score (nSPS) is 37.2. The summed E-state index contributed by atoms with van der Waals surface area (Å²) in [6, 6.07) is 0.266. The van der Waals surface area contributed by atoms with Gasteiger partial charge in [0.2, 0.25) is 0 Å². The average molecular weight is 341 g/mol. The summed E-state index contributed by atoms with van der Waals surface area (Å²) in [6.45, 7) is 0. The lowest BCUT2D eigenvalue weighted by molar-refractivity contribution is -0.129. The Morgan fingerprint density at radius 2 is 2.00 bits per heavy atom. The summed E-state index contributed by atoms with van der Waals surface area (Å²) in [5, 5.41) is 23.5. The zero-order valence-electron chi connectivity index (χ0n) is 14.0. The van der Waals surface area contributed by atoms with Gasteiger partial charge < -0.3 is 10.4 Å². The molecule has 25 heavy (non-hydrogen) atoms. The number of pyridine rings is 1. The fourth-order valence-electron chi connectivity index (χ4n) is 5.97. The van der Waals surface area contributed by atoms with Crippen LogP contribution in [-0.4, -0.2) is 32.8 Å². The third-order valence-corrected chi connectivity index (χ3v) is 6.69. The van der Waals surface area contributed by atoms with Crippen molar-refractivity contribution in [3.05, 3.63) is 29.1 Å². The third-order valence-electron chi connectivity index (χ3n) is 6.69. The SMILES string of the molecule is O=C(NO)c1cnc2c(c1NC1C3CC4CC1CC(O)(C4)C3)C=CC2. The van der Waals surface area contributed by atoms with Crippen LogP contribution >= 0.6 is 0 Å². The molecule has 2 atom stereocenters. The van der Waals surface area contributed by atoms with E-state index in [1.165, 1.54) is 0 Å². The predicted molar refractivity (Wildman–Crippen MR) is 92.1 cm³/mol. The second-order valence-electron chi connectivity index (χ2n) is 8.32. The van der Waals surface area contributed by atoms with Crippen LogP contribution < -0.4 is 10.8 Å². The topological polar surface area (TPSA) is 94.5 Å². The Labute approximate surface area is 146 Å². The Bertz CT molecular complexity index is 759. The number of allylic oxidation sites excluding steroid dienone is 1. The van der Waals surface area contributed by atoms with Crippen LogP contribution in [0.2, 0.25) is 0 Å². The molecule has 132 valence electrons. The second kappa shape index (κ2) is 5.29. The maximum Gasteiger partial charge on any atom is 0.278 e. The first-order valence-electron chi connectivity index (χ1n) is 9.18. The Hall–Kier alpha value is -1.92. The highest BCUT2D eigenvalue weighted by Crippen LogP contribution is 2.56. The minimum Gasteiger partial charge on any atom is -0.390 e. The molecule has 4 fully saturated rings. The zero-order valence-corrected chi connectivity index (χ0v) is 14.0. The lowest BCUT2D eigenvalue weighted by Crippen LogP contribution is -2.59. The second-order valence-corrected chi connectivity index (χ2v) is 8.32. The number of hydrogen-bond donors (Lipinski definition) is 4. The van der Waals surface area contributed by atoms with E-state index >= 15 is 0 Å². The minimum atomic E-state index is -0.541. The van der Waals surface area contributed by atoms with Crippen LogP contribution in [0.1, 0.15) is 53.7 Å². The van der Waals surface area contributed by atoms with Crippen LogP contribution in [0.25, 0.3) is 6.08 Å². The fraction of sp³-hybridized carbons (Fsp3) is 0.579. The molecule has 1 aromatic rings. The average Bonchev–Trinajstić information content (AvgIpc) is 3.04. The smallest absolute Gasteiger partial charge is 0.278 e. The number of hydrogen-bond acceptors (Lipinski definition) is 5. The number of anilines is 1. The van der Waals surface area contributed by atoms with Crippen LogP contribution in [0.4, 0.5) is 5.69 Å². The Kier molecular flexibility index (Phi) is 3.24. The highest BCUT2D eigenvalue weighted by atomic mass is 16.5. The Morgan fingerprint density at radius 1 is 1.24 bits per heavy atom. The molecular formula is C19H23N3O3. The molecule has 6 rings (SSSR count). The van der Waals surface area contributed by atoms with Crippen molar-refractivity contribution in [1.82, 2.24) is 10.5 Å². The van der Waals surface area contributed by atoms with Gasteiger partial charge in [-0.15, -0.1) is 0 Å². The van der Waals surface area contributed by atoms with Crippen molar-refractivity contribution < 1.29 is 15.1 Å². The molecule has 2 unspecified atom stereocenters. The molecule has 1 heterocycles. The van der Waals surface area contributed by atoms with Crippen molar-refractivity contribution in [3.8, 4) is 0 Å². The van der Waals surface area contributed by atoms with Gasteiger partial charge >= 0.3 is 0 Å². The standard InChI is InChI=1S/C19H23N3O3/c23-18(22-25)14-9-20-15-3-1-2-13(15)17(14)21-16-11-4-10-5-12(16)8-19(24,6-10)7-11/h1-2,9-12,16,24-25H,3-8H2,(H,20,21)(H,22,23). The van der Waals surface area contributed by atoms with E-state index in [1.54, 1.807) is 11.7 Å². The Morgan fingerprint density at radius 3 is 2.68 bits per heavy atom. The first kappa shape index (κ1) is 15.3. The number of nitrogens with one attached hydrogen (secondary N) is 2. The van der Waals surface area contributed by atoms with E-state index in [-0.39, 0.29) is 6.04 Å². The summed E-state index contributed by atoms with van der Waals surface area (Å²) in [7, 11) is 0. The van der Waals surface area contributed by atoms with E-state index in [4.69, 9.17) is 5.21 Å². The van der Waals surface area contributed by atoms with Crippen LogP contribution in [0.3, 0.4) is 0 Å². The van der Waals surface area contributed by atoms with E-state index in [1.807, 2.05) is 12.2 Å². The minimum absolute atomic E-state index is 0.266. The first-order chi connectivity index (χ1) is 12.1. The number of hydroxylamine groups is 1. The zero-order chi connectivity index (χ0) is 17.2. The van der Waals surface area contributed by atoms with Crippen LogP contribution in [0.15, 0.2) is 12.3 Å². The molecule has 1 amide bonds. The molecule has 0 aromatic carbocycles. The third kappa shape index (κ3) is 2.31. The number of aromatic nitrogens is 1. The molecule has 6 nitrogen and oxygen atoms in total. The highest BCUT2D eigenvalue weighted by Gasteiger charge is 2.54. The van der Waals surface area contributed by atoms with Gasteiger partial charge in [-0.25, -0.2) is 5.48 Å². The van der Waals surface area contributed by atoms with E-state index in [2.05, 4.69) is 10.3 Å². The van der Waals surface area contributed by atoms with Crippen molar-refractivity contribution in [2.24, 2.45) is 17.8 Å². The number of aliphatic hydroxyl groups is 1. The van der Waals surface area contributed by atoms with Crippen LogP contribution in [-0.2, 0) is 6.42 Å². The van der Waals surface area contributed by atoms with Crippen molar-refractivity contribution in [2.45, 2.75) is 50.2 Å². The van der Waals surface area contributed by atoms with Gasteiger partial charge in [0.1, 0.15) is 0 Å². The van der Waals surface area contributed by atoms with Crippen molar-refractivity contribution >= 4 is 17.7 Å². The largest absolute Gasteiger partial charge is 0.390 e. The summed E-state index contributed by atoms with van der Waals surface area (Å²) in [5.41, 5.74) is 4.32. The molecule has 6 heteroatoms. The number of amides is 1. The Balaban J connectivity index is 1.51. The van der Waals surface area contributed by atoms with Crippen molar-refractivity contribution in [1.29, 1.82) is 0 Å². The molecule has 0 saturated heterocycles. The van der Waals surface area contributed by atoms with Gasteiger partial charge in [0.25, 0.3) is 5.91 Å². The lowest BCUT2D eigenvalue weighted by Gasteiger charge is -2.58. The van der Waals surface area contributed by atoms with Gasteiger partial charge in [-0.05, 0) is 49.9 Å². The van der Waals surface area contributed by atoms with E-state index in [0.29, 0.717) is 23.3 Å². The van der Waals surface area contributed by atoms with Crippen LogP contribution in [0.5, 0.6) is 0 Å². The molecule has 0 radical (unpaired) electrons. The number of rotatable bonds is 3. The van der Waals surface area contributed by atoms with Gasteiger partial charge in [0.05, 0.1) is 22.5 Å². The number of nitrogens with zero attached hydrogens (tertiary/aromatic N) is 1. The molecule has 0 aliphatic heterocycles. The molecule has 4 bridgehead atoms. The van der Waals surface area contributed by atoms with Gasteiger partial charge in [-0.3, -0.25) is 15.0 Å². The maximum absolute atomic E-state index is 12.1. The maximum atomic E-state index is 12.1. The molecule has 0 spiro atoms. The summed E-state index contributed by atoms with van der Waals surface area (Å²) in [4.78, 5) is 16.5. The summed E-state index contributed by atoms with van der Waals surface area (Å²) in [6.07, 6.45) is 11.3. The summed E-state index contributed by atoms with van der Waals surface area (Å²) in [5.74, 6) is 0.982. The fourth-order valence-corrected chi connectivity index (χ4v) is 5.97. The summed E-state index contributed by atoms with van der Waals surface area (Å²) >= 11 is 0. The van der Waals surface area contributed by atoms with Crippen molar-refractivity contribution in [3.63, 3.8) is 0 Å². The first-order valence-corrected chi connectivity index (χ1v) is 9.18. The predicted octanol–water partition coefficient (Wildman–Crippen LogP) is 2.12. The van der Waals surface area contributed by atoms with E-state index in [0.717, 1.165) is 55.5 Å². The molecule has 1 aromatic heterocycles. The summed E-state index contributed by atoms with van der Waals surface area (Å²) < 4.78 is 0. The van der Waals surface area contributed by atoms with E-state index in [9.17, 15) is 9.90 Å². The van der Waals surface area contributed by atoms with Gasteiger partial charge in [0, 0.05) is 24.2 Å². The van der Waals surface area contributed by atoms with Crippen LogP contribution in [0, 0.1) is 17.8 Å². The number of fused-ring (bicyclic) bond motifs is 1. The quantitative estimate of drug-likeness (QED) is 0.499. The van der Waals surface area contributed by atoms with Crippen molar-refractivity contribution in [2.75, 3.05) is 5.32 Å². The molecule has 4 N–H and O–H groups in total. The lowest BCUT2D eigenvalue weighted by atomic mass is 9.52. The highest BCUT2D eigenvalue weighted by molar-refractivity contribution is 6.01. The van der Waals surface area contributed by atoms with Gasteiger partial charge in [0.15, 0.2) is 0 Å². The molecule has 4 saturated carbocycles. The molecular weight excluding hydrogens is 318 g/mol. The molecule has 5 aliphatic carbocycles. The monoisotopic (exact) mass is 341 g/mol. The van der Waals surface area contributed by atoms with Gasteiger partial charge in [-0.2, -0.15) is 0 Å². The van der Waals surface area contributed by atoms with E-state index < -0.39 is 11.5 Å².